The van der Waals surface area contributed by atoms with Gasteiger partial charge in [0.25, 0.3) is 17.7 Å². The van der Waals surface area contributed by atoms with E-state index < -0.39 is 5.91 Å². The SMILES string of the molecule is C/N=C(/CCNC(=O)c1cc(NC(=O)c2cc(NC(=O)c3ccc(/C=C/c4cccc(F)c4)cc3)cn2C)cn1C)NC. The Labute approximate surface area is 249 Å². The van der Waals surface area contributed by atoms with Gasteiger partial charge in [0.1, 0.15) is 17.2 Å². The van der Waals surface area contributed by atoms with Crippen molar-refractivity contribution >= 4 is 47.1 Å². The molecule has 43 heavy (non-hydrogen) atoms. The molecule has 3 amide bonds. The predicted octanol–water partition coefficient (Wildman–Crippen LogP) is 4.55. The smallest absolute Gasteiger partial charge is 0.272 e. The number of hydrogen-bond donors (Lipinski definition) is 4. The van der Waals surface area contributed by atoms with Crippen molar-refractivity contribution in [2.24, 2.45) is 19.1 Å². The molecular weight excluding hydrogens is 549 g/mol. The van der Waals surface area contributed by atoms with E-state index in [2.05, 4.69) is 26.3 Å². The molecule has 0 fully saturated rings. The number of rotatable bonds is 10. The Morgan fingerprint density at radius 3 is 2.02 bits per heavy atom. The quantitative estimate of drug-likeness (QED) is 0.124. The van der Waals surface area contributed by atoms with E-state index in [0.29, 0.717) is 41.3 Å². The number of aliphatic imine (C=N–C) groups is 1. The fraction of sp³-hybridized carbons (Fsp3) is 0.188. The molecule has 0 aliphatic rings. The van der Waals surface area contributed by atoms with Gasteiger partial charge in [-0.1, -0.05) is 36.4 Å². The van der Waals surface area contributed by atoms with Crippen molar-refractivity contribution in [3.63, 3.8) is 0 Å². The largest absolute Gasteiger partial charge is 0.377 e. The highest BCUT2D eigenvalue weighted by Crippen LogP contribution is 2.19. The van der Waals surface area contributed by atoms with Gasteiger partial charge in [0.05, 0.1) is 17.2 Å². The molecule has 0 saturated heterocycles. The Morgan fingerprint density at radius 1 is 0.814 bits per heavy atom. The first-order chi connectivity index (χ1) is 20.7. The van der Waals surface area contributed by atoms with Gasteiger partial charge in [0, 0.05) is 59.1 Å². The summed E-state index contributed by atoms with van der Waals surface area (Å²) in [6.07, 6.45) is 7.50. The third-order valence-electron chi connectivity index (χ3n) is 6.69. The van der Waals surface area contributed by atoms with E-state index in [4.69, 9.17) is 0 Å². The summed E-state index contributed by atoms with van der Waals surface area (Å²) in [5.41, 5.74) is 3.67. The third-order valence-corrected chi connectivity index (χ3v) is 6.69. The van der Waals surface area contributed by atoms with E-state index in [0.717, 1.165) is 17.0 Å². The van der Waals surface area contributed by atoms with E-state index in [-0.39, 0.29) is 17.6 Å². The Hall–Kier alpha value is -5.45. The van der Waals surface area contributed by atoms with Gasteiger partial charge in [0.15, 0.2) is 0 Å². The molecule has 0 atom stereocenters. The summed E-state index contributed by atoms with van der Waals surface area (Å²) in [6.45, 7) is 0.412. The van der Waals surface area contributed by atoms with E-state index in [9.17, 15) is 18.8 Å². The molecule has 10 nitrogen and oxygen atoms in total. The highest BCUT2D eigenvalue weighted by atomic mass is 19.1. The highest BCUT2D eigenvalue weighted by molar-refractivity contribution is 6.07. The number of halogens is 1. The lowest BCUT2D eigenvalue weighted by Crippen LogP contribution is -2.30. The lowest BCUT2D eigenvalue weighted by Gasteiger charge is -2.07. The van der Waals surface area contributed by atoms with Gasteiger partial charge in [0.2, 0.25) is 0 Å². The number of nitrogens with zero attached hydrogens (tertiary/aromatic N) is 3. The fourth-order valence-electron chi connectivity index (χ4n) is 4.40. The van der Waals surface area contributed by atoms with Crippen LogP contribution in [0.3, 0.4) is 0 Å². The van der Waals surface area contributed by atoms with E-state index in [1.54, 1.807) is 104 Å². The van der Waals surface area contributed by atoms with Gasteiger partial charge in [-0.15, -0.1) is 0 Å². The molecule has 0 radical (unpaired) electrons. The minimum atomic E-state index is -0.396. The van der Waals surface area contributed by atoms with Crippen LogP contribution in [0.1, 0.15) is 48.9 Å². The Balaban J connectivity index is 1.34. The molecule has 11 heteroatoms. The van der Waals surface area contributed by atoms with Crippen LogP contribution in [0.15, 0.2) is 78.0 Å². The zero-order chi connectivity index (χ0) is 30.9. The monoisotopic (exact) mass is 583 g/mol. The Bertz CT molecular complexity index is 1680. The van der Waals surface area contributed by atoms with Crippen LogP contribution in [0.2, 0.25) is 0 Å². The number of amides is 3. The van der Waals surface area contributed by atoms with Gasteiger partial charge >= 0.3 is 0 Å². The molecule has 222 valence electrons. The maximum Gasteiger partial charge on any atom is 0.272 e. The molecule has 0 saturated carbocycles. The van der Waals surface area contributed by atoms with Crippen molar-refractivity contribution in [3.05, 3.63) is 107 Å². The molecule has 2 heterocycles. The van der Waals surface area contributed by atoms with Crippen LogP contribution < -0.4 is 21.3 Å². The molecular formula is C32H34FN7O3. The van der Waals surface area contributed by atoms with Crippen molar-refractivity contribution in [2.75, 3.05) is 31.3 Å². The highest BCUT2D eigenvalue weighted by Gasteiger charge is 2.17. The number of anilines is 2. The van der Waals surface area contributed by atoms with Gasteiger partial charge in [-0.2, -0.15) is 0 Å². The summed E-state index contributed by atoms with van der Waals surface area (Å²) in [7, 11) is 6.88. The Kier molecular flexibility index (Phi) is 9.89. The third kappa shape index (κ3) is 8.07. The average molecular weight is 584 g/mol. The molecule has 4 rings (SSSR count). The second kappa shape index (κ2) is 13.9. The number of nitrogens with one attached hydrogen (secondary N) is 4. The molecule has 0 aliphatic carbocycles. The number of carbonyl (C=O) groups is 3. The predicted molar refractivity (Wildman–Crippen MR) is 168 cm³/mol. The number of carbonyl (C=O) groups excluding carboxylic acids is 3. The number of benzene rings is 2. The van der Waals surface area contributed by atoms with Crippen molar-refractivity contribution in [1.82, 2.24) is 19.8 Å². The minimum absolute atomic E-state index is 0.269. The number of hydrogen-bond acceptors (Lipinski definition) is 4. The maximum absolute atomic E-state index is 13.4. The zero-order valence-electron chi connectivity index (χ0n) is 24.4. The number of aromatic nitrogens is 2. The van der Waals surface area contributed by atoms with Gasteiger partial charge in [-0.3, -0.25) is 19.4 Å². The first-order valence-corrected chi connectivity index (χ1v) is 13.6. The topological polar surface area (TPSA) is 122 Å². The van der Waals surface area contributed by atoms with Crippen molar-refractivity contribution < 1.29 is 18.8 Å². The summed E-state index contributed by atoms with van der Waals surface area (Å²) in [5, 5.41) is 11.4. The molecule has 0 bridgehead atoms. The van der Waals surface area contributed by atoms with Crippen LogP contribution in [-0.4, -0.2) is 53.3 Å². The number of aryl methyl sites for hydroxylation is 2. The van der Waals surface area contributed by atoms with Gasteiger partial charge in [-0.25, -0.2) is 4.39 Å². The second-order valence-corrected chi connectivity index (χ2v) is 9.79. The van der Waals surface area contributed by atoms with Crippen molar-refractivity contribution in [2.45, 2.75) is 6.42 Å². The molecule has 4 aromatic rings. The number of amidine groups is 1. The summed E-state index contributed by atoms with van der Waals surface area (Å²) in [5.74, 6) is -0.517. The molecule has 0 aliphatic heterocycles. The standard InChI is InChI=1S/C32H34FN7O3/c1-34-29(35-2)14-15-36-31(42)27-17-26(20-39(27)3)38-32(43)28-18-25(19-40(28)4)37-30(41)23-12-10-21(11-13-23)8-9-22-6-5-7-24(33)16-22/h5-13,16-20H,14-15H2,1-4H3,(H,34,35)(H,36,42)(H,37,41)(H,38,43)/b9-8+. The Morgan fingerprint density at radius 2 is 1.42 bits per heavy atom. The molecule has 4 N–H and O–H groups in total. The summed E-state index contributed by atoms with van der Waals surface area (Å²) in [6, 6.07) is 16.4. The van der Waals surface area contributed by atoms with Crippen LogP contribution in [0, 0.1) is 5.82 Å². The lowest BCUT2D eigenvalue weighted by atomic mass is 10.1. The first-order valence-electron chi connectivity index (χ1n) is 13.6. The van der Waals surface area contributed by atoms with Gasteiger partial charge < -0.3 is 30.4 Å². The van der Waals surface area contributed by atoms with Crippen LogP contribution in [0.25, 0.3) is 12.2 Å². The second-order valence-electron chi connectivity index (χ2n) is 9.79. The average Bonchev–Trinajstić information content (AvgIpc) is 3.55. The molecule has 0 spiro atoms. The van der Waals surface area contributed by atoms with Crippen LogP contribution in [0.5, 0.6) is 0 Å². The van der Waals surface area contributed by atoms with Crippen LogP contribution >= 0.6 is 0 Å². The van der Waals surface area contributed by atoms with Gasteiger partial charge in [-0.05, 0) is 47.5 Å². The normalized spacial score (nSPS) is 11.4. The lowest BCUT2D eigenvalue weighted by molar-refractivity contribution is 0.0945. The minimum Gasteiger partial charge on any atom is -0.377 e. The fourth-order valence-corrected chi connectivity index (χ4v) is 4.40. The molecule has 2 aromatic carbocycles. The summed E-state index contributed by atoms with van der Waals surface area (Å²) in [4.78, 5) is 42.6. The molecule has 2 aromatic heterocycles. The van der Waals surface area contributed by atoms with E-state index >= 15 is 0 Å². The van der Waals surface area contributed by atoms with Crippen LogP contribution in [0.4, 0.5) is 15.8 Å². The van der Waals surface area contributed by atoms with E-state index in [1.165, 1.54) is 12.1 Å². The van der Waals surface area contributed by atoms with Crippen LogP contribution in [-0.2, 0) is 14.1 Å². The first kappa shape index (κ1) is 30.5. The summed E-state index contributed by atoms with van der Waals surface area (Å²) >= 11 is 0. The van der Waals surface area contributed by atoms with E-state index in [1.807, 2.05) is 6.08 Å². The zero-order valence-corrected chi connectivity index (χ0v) is 24.4. The van der Waals surface area contributed by atoms with Crippen molar-refractivity contribution in [3.8, 4) is 0 Å². The van der Waals surface area contributed by atoms with Crippen molar-refractivity contribution in [1.29, 1.82) is 0 Å². The summed E-state index contributed by atoms with van der Waals surface area (Å²) < 4.78 is 16.6. The molecule has 0 unspecified atom stereocenters. The maximum atomic E-state index is 13.4.